The minimum Gasteiger partial charge on any atom is -0.326 e. The first-order valence-electron chi connectivity index (χ1n) is 10.1. The summed E-state index contributed by atoms with van der Waals surface area (Å²) in [6.45, 7) is 6.38. The van der Waals surface area contributed by atoms with Gasteiger partial charge in [0.05, 0.1) is 5.92 Å². The van der Waals surface area contributed by atoms with Crippen molar-refractivity contribution >= 4 is 11.6 Å². The van der Waals surface area contributed by atoms with E-state index in [1.807, 2.05) is 6.07 Å². The third-order valence-corrected chi connectivity index (χ3v) is 6.73. The normalized spacial score (nSPS) is 24.4. The van der Waals surface area contributed by atoms with E-state index in [9.17, 15) is 4.79 Å². The van der Waals surface area contributed by atoms with Gasteiger partial charge in [-0.2, -0.15) is 0 Å². The summed E-state index contributed by atoms with van der Waals surface area (Å²) in [7, 11) is 0. The average Bonchev–Trinajstić information content (AvgIpc) is 2.70. The van der Waals surface area contributed by atoms with Gasteiger partial charge in [0, 0.05) is 17.5 Å². The molecule has 0 fully saturated rings. The monoisotopic (exact) mass is 367 g/mol. The van der Waals surface area contributed by atoms with Crippen molar-refractivity contribution in [1.29, 1.82) is 0 Å². The van der Waals surface area contributed by atoms with E-state index in [2.05, 4.69) is 86.8 Å². The molecule has 0 unspecified atom stereocenters. The van der Waals surface area contributed by atoms with Crippen LogP contribution in [0, 0.1) is 25.7 Å². The second kappa shape index (κ2) is 6.34. The third kappa shape index (κ3) is 2.44. The van der Waals surface area contributed by atoms with Crippen LogP contribution in [-0.4, -0.2) is 5.91 Å². The predicted molar refractivity (Wildman–Crippen MR) is 114 cm³/mol. The highest BCUT2D eigenvalue weighted by Gasteiger charge is 2.50. The molecule has 0 radical (unpaired) electrons. The molecule has 6 rings (SSSR count). The van der Waals surface area contributed by atoms with Gasteiger partial charge < -0.3 is 5.32 Å². The van der Waals surface area contributed by atoms with Crippen molar-refractivity contribution in [2.75, 3.05) is 5.32 Å². The molecule has 2 atom stereocenters. The maximum atomic E-state index is 13.5. The van der Waals surface area contributed by atoms with Crippen LogP contribution in [0.15, 0.2) is 66.7 Å². The Kier molecular flexibility index (Phi) is 3.90. The number of hydrogen-bond donors (Lipinski definition) is 1. The van der Waals surface area contributed by atoms with E-state index in [-0.39, 0.29) is 29.6 Å². The van der Waals surface area contributed by atoms with Gasteiger partial charge in [-0.25, -0.2) is 0 Å². The molecule has 2 heteroatoms. The molecule has 3 aliphatic rings. The Labute approximate surface area is 166 Å². The van der Waals surface area contributed by atoms with Crippen LogP contribution in [0.25, 0.3) is 0 Å². The molecule has 3 aliphatic carbocycles. The quantitative estimate of drug-likeness (QED) is 0.611. The van der Waals surface area contributed by atoms with Crippen LogP contribution in [-0.2, 0) is 4.79 Å². The Balaban J connectivity index is 1.59. The van der Waals surface area contributed by atoms with Gasteiger partial charge in [0.2, 0.25) is 5.91 Å². The summed E-state index contributed by atoms with van der Waals surface area (Å²) in [5.41, 5.74) is 8.69. The van der Waals surface area contributed by atoms with Crippen LogP contribution in [0.5, 0.6) is 0 Å². The lowest BCUT2D eigenvalue weighted by Gasteiger charge is -2.49. The van der Waals surface area contributed by atoms with E-state index in [4.69, 9.17) is 0 Å². The first-order valence-corrected chi connectivity index (χ1v) is 10.1. The number of aryl methyl sites for hydroxylation is 2. The van der Waals surface area contributed by atoms with Crippen LogP contribution in [0.3, 0.4) is 0 Å². The molecule has 28 heavy (non-hydrogen) atoms. The van der Waals surface area contributed by atoms with Gasteiger partial charge in [-0.05, 0) is 53.6 Å². The third-order valence-electron chi connectivity index (χ3n) is 6.73. The van der Waals surface area contributed by atoms with Gasteiger partial charge in [0.15, 0.2) is 0 Å². The Morgan fingerprint density at radius 1 is 0.786 bits per heavy atom. The van der Waals surface area contributed by atoms with Gasteiger partial charge in [-0.1, -0.05) is 73.2 Å². The van der Waals surface area contributed by atoms with Crippen LogP contribution < -0.4 is 5.32 Å². The number of hydrogen-bond acceptors (Lipinski definition) is 1. The summed E-state index contributed by atoms with van der Waals surface area (Å²) < 4.78 is 0. The molecular formula is C26H25NO. The summed E-state index contributed by atoms with van der Waals surface area (Å²) in [4.78, 5) is 13.5. The minimum absolute atomic E-state index is 0.0597. The topological polar surface area (TPSA) is 29.1 Å². The Hall–Kier alpha value is -2.87. The Morgan fingerprint density at radius 2 is 1.32 bits per heavy atom. The fourth-order valence-electron chi connectivity index (χ4n) is 5.51. The largest absolute Gasteiger partial charge is 0.326 e. The number of amides is 1. The number of carbonyl (C=O) groups is 1. The van der Waals surface area contributed by atoms with E-state index in [1.54, 1.807) is 0 Å². The average molecular weight is 367 g/mol. The van der Waals surface area contributed by atoms with E-state index in [0.717, 1.165) is 11.3 Å². The van der Waals surface area contributed by atoms with Crippen molar-refractivity contribution in [2.45, 2.75) is 32.6 Å². The molecule has 0 spiro atoms. The van der Waals surface area contributed by atoms with Gasteiger partial charge in [-0.15, -0.1) is 0 Å². The summed E-state index contributed by atoms with van der Waals surface area (Å²) >= 11 is 0. The predicted octanol–water partition coefficient (Wildman–Crippen LogP) is 5.79. The van der Waals surface area contributed by atoms with Crippen molar-refractivity contribution in [3.63, 3.8) is 0 Å². The molecule has 0 aromatic heterocycles. The van der Waals surface area contributed by atoms with Crippen LogP contribution in [0.4, 0.5) is 5.69 Å². The lowest BCUT2D eigenvalue weighted by molar-refractivity contribution is -0.122. The van der Waals surface area contributed by atoms with E-state index in [1.165, 1.54) is 27.8 Å². The summed E-state index contributed by atoms with van der Waals surface area (Å²) in [5, 5.41) is 3.25. The van der Waals surface area contributed by atoms with Crippen molar-refractivity contribution in [1.82, 2.24) is 0 Å². The minimum atomic E-state index is -0.0597. The number of benzene rings is 3. The van der Waals surface area contributed by atoms with Crippen LogP contribution in [0.1, 0.15) is 52.1 Å². The van der Waals surface area contributed by atoms with Crippen molar-refractivity contribution in [3.05, 3.63) is 100 Å². The number of carbonyl (C=O) groups excluding carboxylic acids is 1. The summed E-state index contributed by atoms with van der Waals surface area (Å²) in [5.74, 6) is 0.750. The highest BCUT2D eigenvalue weighted by Crippen LogP contribution is 2.58. The molecule has 0 heterocycles. The van der Waals surface area contributed by atoms with Crippen LogP contribution >= 0.6 is 0 Å². The zero-order valence-electron chi connectivity index (χ0n) is 16.6. The lowest BCUT2D eigenvalue weighted by Crippen LogP contribution is -2.44. The van der Waals surface area contributed by atoms with Gasteiger partial charge in [-0.3, -0.25) is 4.79 Å². The number of rotatable bonds is 2. The van der Waals surface area contributed by atoms with E-state index >= 15 is 0 Å². The van der Waals surface area contributed by atoms with Crippen molar-refractivity contribution < 1.29 is 4.79 Å². The summed E-state index contributed by atoms with van der Waals surface area (Å²) in [6.07, 6.45) is 0. The zero-order chi connectivity index (χ0) is 19.4. The van der Waals surface area contributed by atoms with Crippen molar-refractivity contribution in [2.24, 2.45) is 11.8 Å². The number of nitrogens with one attached hydrogen (secondary N) is 1. The van der Waals surface area contributed by atoms with Gasteiger partial charge in [0.1, 0.15) is 0 Å². The molecule has 140 valence electrons. The maximum Gasteiger partial charge on any atom is 0.228 e. The smallest absolute Gasteiger partial charge is 0.228 e. The molecule has 2 bridgehead atoms. The SMILES string of the molecule is Cc1ccc(NC(=O)[C@H]2C3c4ccccc4C(c4ccccc43)[C@@H]2C)c(C)c1. The van der Waals surface area contributed by atoms with E-state index in [0.29, 0.717) is 0 Å². The first-order chi connectivity index (χ1) is 13.6. The molecule has 0 saturated heterocycles. The zero-order valence-corrected chi connectivity index (χ0v) is 16.6. The molecular weight excluding hydrogens is 342 g/mol. The summed E-state index contributed by atoms with van der Waals surface area (Å²) in [6, 6.07) is 23.6. The highest BCUT2D eigenvalue weighted by atomic mass is 16.1. The van der Waals surface area contributed by atoms with Crippen molar-refractivity contribution in [3.8, 4) is 0 Å². The second-order valence-corrected chi connectivity index (χ2v) is 8.41. The lowest BCUT2D eigenvalue weighted by atomic mass is 9.54. The first kappa shape index (κ1) is 17.2. The fourth-order valence-corrected chi connectivity index (χ4v) is 5.51. The molecule has 0 aliphatic heterocycles. The van der Waals surface area contributed by atoms with E-state index < -0.39 is 0 Å². The number of fused-ring (bicyclic) bond motifs is 1. The van der Waals surface area contributed by atoms with Crippen LogP contribution in [0.2, 0.25) is 0 Å². The molecule has 0 saturated carbocycles. The molecule has 1 amide bonds. The van der Waals surface area contributed by atoms with Gasteiger partial charge >= 0.3 is 0 Å². The second-order valence-electron chi connectivity index (χ2n) is 8.41. The molecule has 1 N–H and O–H groups in total. The Morgan fingerprint density at radius 3 is 1.86 bits per heavy atom. The fraction of sp³-hybridized carbons (Fsp3) is 0.269. The molecule has 3 aromatic carbocycles. The Bertz CT molecular complexity index is 1040. The number of anilines is 1. The highest BCUT2D eigenvalue weighted by molar-refractivity contribution is 5.95. The maximum absolute atomic E-state index is 13.5. The molecule has 3 aromatic rings. The molecule has 2 nitrogen and oxygen atoms in total. The van der Waals surface area contributed by atoms with Gasteiger partial charge in [0.25, 0.3) is 0 Å². The standard InChI is InChI=1S/C26H25NO/c1-15-12-13-22(16(2)14-15)27-26(28)24-17(3)23-18-8-4-6-10-20(18)25(24)21-11-7-5-9-19(21)23/h4-14,17,23-25H,1-3H3,(H,27,28)/t17-,23?,24+,25?/m0/s1.